The quantitative estimate of drug-likeness (QED) is 0.542. The van der Waals surface area contributed by atoms with Crippen LogP contribution in [0.5, 0.6) is 0 Å². The molecule has 0 aliphatic heterocycles. The highest BCUT2D eigenvalue weighted by Crippen LogP contribution is 2.42. The molecule has 0 bridgehead atoms. The summed E-state index contributed by atoms with van der Waals surface area (Å²) in [6.45, 7) is 4.18. The summed E-state index contributed by atoms with van der Waals surface area (Å²) in [4.78, 5) is 0. The van der Waals surface area contributed by atoms with Crippen molar-refractivity contribution in [3.8, 4) is 6.07 Å². The molecule has 1 fully saturated rings. The molecule has 1 aliphatic rings. The summed E-state index contributed by atoms with van der Waals surface area (Å²) < 4.78 is 0. The highest BCUT2D eigenvalue weighted by atomic mass is 14.3. The van der Waals surface area contributed by atoms with Crippen LogP contribution in [0.1, 0.15) is 39.5 Å². The van der Waals surface area contributed by atoms with Crippen molar-refractivity contribution in [2.75, 3.05) is 0 Å². The molecular formula is C10H16BN. The van der Waals surface area contributed by atoms with Crippen LogP contribution in [0.2, 0.25) is 5.31 Å². The van der Waals surface area contributed by atoms with Crippen molar-refractivity contribution in [2.45, 2.75) is 44.8 Å². The van der Waals surface area contributed by atoms with E-state index in [0.717, 1.165) is 25.7 Å². The molecule has 0 atom stereocenters. The van der Waals surface area contributed by atoms with Crippen molar-refractivity contribution in [3.05, 3.63) is 0 Å². The van der Waals surface area contributed by atoms with Crippen molar-refractivity contribution < 1.29 is 0 Å². The first-order valence-electron chi connectivity index (χ1n) is 4.72. The fraction of sp³-hybridized carbons (Fsp3) is 0.900. The lowest BCUT2D eigenvalue weighted by Gasteiger charge is -2.35. The molecule has 0 heterocycles. The van der Waals surface area contributed by atoms with Gasteiger partial charge in [-0.1, -0.05) is 19.2 Å². The molecule has 1 saturated carbocycles. The van der Waals surface area contributed by atoms with Crippen molar-refractivity contribution in [1.82, 2.24) is 0 Å². The average Bonchev–Trinajstić information content (AvgIpc) is 2.03. The van der Waals surface area contributed by atoms with Gasteiger partial charge < -0.3 is 0 Å². The Bertz CT molecular complexity index is 179. The van der Waals surface area contributed by atoms with E-state index in [-0.39, 0.29) is 5.31 Å². The maximum atomic E-state index is 8.70. The molecular weight excluding hydrogens is 145 g/mol. The zero-order valence-electron chi connectivity index (χ0n) is 8.01. The van der Waals surface area contributed by atoms with Crippen LogP contribution >= 0.6 is 0 Å². The Morgan fingerprint density at radius 1 is 1.25 bits per heavy atom. The fourth-order valence-corrected chi connectivity index (χ4v) is 1.97. The first kappa shape index (κ1) is 9.64. The molecule has 1 nitrogen and oxygen atoms in total. The van der Waals surface area contributed by atoms with Crippen LogP contribution in [-0.2, 0) is 0 Å². The topological polar surface area (TPSA) is 23.8 Å². The summed E-state index contributed by atoms with van der Waals surface area (Å²) in [6.07, 6.45) is 4.34. The Morgan fingerprint density at radius 3 is 2.08 bits per heavy atom. The highest BCUT2D eigenvalue weighted by molar-refractivity contribution is 6.14. The lowest BCUT2D eigenvalue weighted by atomic mass is 9.59. The smallest absolute Gasteiger partial charge is 0.0742 e. The van der Waals surface area contributed by atoms with Gasteiger partial charge in [-0.05, 0) is 31.6 Å². The summed E-state index contributed by atoms with van der Waals surface area (Å²) >= 11 is 0. The third kappa shape index (κ3) is 2.27. The van der Waals surface area contributed by atoms with Crippen LogP contribution in [-0.4, -0.2) is 7.85 Å². The Hall–Kier alpha value is -0.445. The minimum absolute atomic E-state index is 0.0551. The number of hydrogen-bond donors (Lipinski definition) is 0. The second kappa shape index (κ2) is 3.52. The van der Waals surface area contributed by atoms with Crippen LogP contribution in [0, 0.1) is 23.2 Å². The van der Waals surface area contributed by atoms with Gasteiger partial charge in [0.15, 0.2) is 0 Å². The number of rotatable bonds is 1. The molecule has 1 aliphatic carbocycles. The molecule has 0 aromatic rings. The van der Waals surface area contributed by atoms with Crippen LogP contribution < -0.4 is 0 Å². The lowest BCUT2D eigenvalue weighted by Crippen LogP contribution is -2.23. The van der Waals surface area contributed by atoms with E-state index >= 15 is 0 Å². The zero-order chi connectivity index (χ0) is 9.19. The molecule has 2 radical (unpaired) electrons. The fourth-order valence-electron chi connectivity index (χ4n) is 1.97. The first-order chi connectivity index (χ1) is 5.54. The van der Waals surface area contributed by atoms with E-state index in [1.165, 1.54) is 0 Å². The van der Waals surface area contributed by atoms with Gasteiger partial charge in [0.1, 0.15) is 0 Å². The molecule has 0 spiro atoms. The van der Waals surface area contributed by atoms with Gasteiger partial charge in [0, 0.05) is 5.92 Å². The van der Waals surface area contributed by atoms with E-state index in [0.29, 0.717) is 11.8 Å². The van der Waals surface area contributed by atoms with Gasteiger partial charge in [0.2, 0.25) is 0 Å². The number of nitriles is 1. The molecule has 0 unspecified atom stereocenters. The zero-order valence-corrected chi connectivity index (χ0v) is 8.01. The SMILES string of the molecule is [B]C(C)(C)C1CCC(C#N)CC1. The largest absolute Gasteiger partial charge is 0.198 e. The Kier molecular flexibility index (Phi) is 2.83. The van der Waals surface area contributed by atoms with Crippen LogP contribution in [0.4, 0.5) is 0 Å². The van der Waals surface area contributed by atoms with Gasteiger partial charge in [-0.2, -0.15) is 5.26 Å². The van der Waals surface area contributed by atoms with Crippen molar-refractivity contribution in [3.63, 3.8) is 0 Å². The van der Waals surface area contributed by atoms with E-state index < -0.39 is 0 Å². The number of hydrogen-bond acceptors (Lipinski definition) is 1. The summed E-state index contributed by atoms with van der Waals surface area (Å²) in [5, 5.41) is 8.64. The Morgan fingerprint density at radius 2 is 1.75 bits per heavy atom. The predicted molar refractivity (Wildman–Crippen MR) is 50.9 cm³/mol. The molecule has 0 amide bonds. The maximum Gasteiger partial charge on any atom is 0.0742 e. The lowest BCUT2D eigenvalue weighted by molar-refractivity contribution is 0.262. The Labute approximate surface area is 76.6 Å². The third-order valence-corrected chi connectivity index (χ3v) is 2.96. The second-order valence-corrected chi connectivity index (χ2v) is 4.50. The van der Waals surface area contributed by atoms with Crippen molar-refractivity contribution in [1.29, 1.82) is 5.26 Å². The Balaban J connectivity index is 2.42. The van der Waals surface area contributed by atoms with Gasteiger partial charge >= 0.3 is 0 Å². The molecule has 0 aromatic heterocycles. The van der Waals surface area contributed by atoms with E-state index in [9.17, 15) is 0 Å². The van der Waals surface area contributed by atoms with Crippen LogP contribution in [0.3, 0.4) is 0 Å². The summed E-state index contributed by atoms with van der Waals surface area (Å²) in [7, 11) is 6.01. The van der Waals surface area contributed by atoms with Crippen molar-refractivity contribution >= 4 is 7.85 Å². The third-order valence-electron chi connectivity index (χ3n) is 2.96. The highest BCUT2D eigenvalue weighted by Gasteiger charge is 2.28. The monoisotopic (exact) mass is 161 g/mol. The predicted octanol–water partition coefficient (Wildman–Crippen LogP) is 2.68. The van der Waals surface area contributed by atoms with Gasteiger partial charge in [-0.15, -0.1) is 0 Å². The van der Waals surface area contributed by atoms with E-state index in [2.05, 4.69) is 19.9 Å². The molecule has 0 N–H and O–H groups in total. The van der Waals surface area contributed by atoms with Crippen LogP contribution in [0.15, 0.2) is 0 Å². The van der Waals surface area contributed by atoms with E-state index in [1.54, 1.807) is 0 Å². The summed E-state index contributed by atoms with van der Waals surface area (Å²) in [5.74, 6) is 0.908. The molecule has 64 valence electrons. The summed E-state index contributed by atoms with van der Waals surface area (Å²) in [6, 6.07) is 2.34. The molecule has 0 saturated heterocycles. The molecule has 0 aromatic carbocycles. The van der Waals surface area contributed by atoms with Gasteiger partial charge in [0.25, 0.3) is 0 Å². The summed E-state index contributed by atoms with van der Waals surface area (Å²) in [5.41, 5.74) is 0. The molecule has 12 heavy (non-hydrogen) atoms. The van der Waals surface area contributed by atoms with Gasteiger partial charge in [-0.25, -0.2) is 0 Å². The minimum Gasteiger partial charge on any atom is -0.198 e. The van der Waals surface area contributed by atoms with E-state index in [1.807, 2.05) is 0 Å². The van der Waals surface area contributed by atoms with Gasteiger partial charge in [0.05, 0.1) is 13.9 Å². The molecule has 1 rings (SSSR count). The average molecular weight is 161 g/mol. The second-order valence-electron chi connectivity index (χ2n) is 4.50. The molecule has 2 heteroatoms. The van der Waals surface area contributed by atoms with Crippen molar-refractivity contribution in [2.24, 2.45) is 11.8 Å². The maximum absolute atomic E-state index is 8.70. The standard InChI is InChI=1S/C10H16BN/c1-10(2,11)9-5-3-8(7-12)4-6-9/h8-9H,3-6H2,1-2H3. The first-order valence-corrected chi connectivity index (χ1v) is 4.72. The van der Waals surface area contributed by atoms with Crippen LogP contribution in [0.25, 0.3) is 0 Å². The van der Waals surface area contributed by atoms with Gasteiger partial charge in [-0.3, -0.25) is 0 Å². The minimum atomic E-state index is -0.0551. The normalized spacial score (nSPS) is 31.1. The number of nitrogens with zero attached hydrogens (tertiary/aromatic N) is 1. The van der Waals surface area contributed by atoms with E-state index in [4.69, 9.17) is 13.1 Å².